The number of hydrogen-bond donors (Lipinski definition) is 4. The molecule has 5 heteroatoms. The van der Waals surface area contributed by atoms with E-state index >= 15 is 0 Å². The van der Waals surface area contributed by atoms with Crippen LogP contribution in [0.15, 0.2) is 29.4 Å². The Bertz CT molecular complexity index is 451. The maximum absolute atomic E-state index is 9.55. The fourth-order valence-electron chi connectivity index (χ4n) is 2.84. The van der Waals surface area contributed by atoms with Gasteiger partial charge in [0.25, 0.3) is 0 Å². The maximum Gasteiger partial charge on any atom is 0.170 e. The van der Waals surface area contributed by atoms with Crippen molar-refractivity contribution >= 4 is 5.84 Å². The topological polar surface area (TPSA) is 90.9 Å². The van der Waals surface area contributed by atoms with E-state index < -0.39 is 0 Å². The van der Waals surface area contributed by atoms with Crippen LogP contribution in [0, 0.1) is 5.41 Å². The number of rotatable bonds is 6. The van der Waals surface area contributed by atoms with Crippen molar-refractivity contribution in [3.05, 3.63) is 35.4 Å². The Morgan fingerprint density at radius 1 is 1.25 bits per heavy atom. The van der Waals surface area contributed by atoms with E-state index in [-0.39, 0.29) is 17.9 Å². The van der Waals surface area contributed by atoms with Crippen LogP contribution in [0.25, 0.3) is 0 Å². The molecule has 1 aliphatic carbocycles. The number of hydrogen-bond acceptors (Lipinski definition) is 4. The summed E-state index contributed by atoms with van der Waals surface area (Å²) < 4.78 is 0. The van der Waals surface area contributed by atoms with Gasteiger partial charge in [0.05, 0.1) is 0 Å². The quantitative estimate of drug-likeness (QED) is 0.274. The van der Waals surface area contributed by atoms with Crippen molar-refractivity contribution in [2.24, 2.45) is 16.3 Å². The highest BCUT2D eigenvalue weighted by Crippen LogP contribution is 2.36. The van der Waals surface area contributed by atoms with Crippen LogP contribution in [0.4, 0.5) is 0 Å². The molecule has 110 valence electrons. The highest BCUT2D eigenvalue weighted by atomic mass is 16.4. The third-order valence-electron chi connectivity index (χ3n) is 4.19. The van der Waals surface area contributed by atoms with Gasteiger partial charge in [-0.05, 0) is 18.4 Å². The first kappa shape index (κ1) is 14.8. The number of nitrogens with zero attached hydrogens (tertiary/aromatic N) is 1. The molecule has 2 rings (SSSR count). The summed E-state index contributed by atoms with van der Waals surface area (Å²) in [6.45, 7) is 1.88. The smallest absolute Gasteiger partial charge is 0.170 e. The van der Waals surface area contributed by atoms with Gasteiger partial charge in [-0.3, -0.25) is 0 Å². The third kappa shape index (κ3) is 3.49. The first-order valence-electron chi connectivity index (χ1n) is 7.07. The van der Waals surface area contributed by atoms with Crippen LogP contribution in [-0.4, -0.2) is 29.3 Å². The average Bonchev–Trinajstić information content (AvgIpc) is 2.96. The van der Waals surface area contributed by atoms with Crippen molar-refractivity contribution in [2.75, 3.05) is 13.2 Å². The summed E-state index contributed by atoms with van der Waals surface area (Å²) in [5.74, 6) is 0.120. The van der Waals surface area contributed by atoms with E-state index in [1.165, 1.54) is 12.8 Å². The zero-order valence-electron chi connectivity index (χ0n) is 11.7. The minimum absolute atomic E-state index is 0.0773. The van der Waals surface area contributed by atoms with Gasteiger partial charge in [0.2, 0.25) is 0 Å². The van der Waals surface area contributed by atoms with Crippen molar-refractivity contribution in [2.45, 2.75) is 32.2 Å². The van der Waals surface area contributed by atoms with Gasteiger partial charge in [-0.2, -0.15) is 0 Å². The number of aliphatic hydroxyl groups is 1. The summed E-state index contributed by atoms with van der Waals surface area (Å²) in [5, 5.41) is 24.6. The molecular formula is C15H23N3O2. The lowest BCUT2D eigenvalue weighted by Gasteiger charge is -2.26. The summed E-state index contributed by atoms with van der Waals surface area (Å²) in [6, 6.07) is 7.59. The van der Waals surface area contributed by atoms with E-state index in [2.05, 4.69) is 10.5 Å². The summed E-state index contributed by atoms with van der Waals surface area (Å²) in [6.07, 6.45) is 4.66. The van der Waals surface area contributed by atoms with E-state index in [1.54, 1.807) is 0 Å². The number of nitrogens with two attached hydrogens (primary N) is 1. The Morgan fingerprint density at radius 3 is 2.45 bits per heavy atom. The molecule has 0 unspecified atom stereocenters. The molecule has 0 bridgehead atoms. The van der Waals surface area contributed by atoms with Gasteiger partial charge in [-0.15, -0.1) is 0 Å². The minimum atomic E-state index is 0.0773. The van der Waals surface area contributed by atoms with E-state index in [0.29, 0.717) is 5.56 Å². The van der Waals surface area contributed by atoms with Crippen LogP contribution in [0.3, 0.4) is 0 Å². The molecule has 0 spiro atoms. The molecular weight excluding hydrogens is 254 g/mol. The first-order chi connectivity index (χ1) is 9.69. The van der Waals surface area contributed by atoms with Gasteiger partial charge in [0.1, 0.15) is 0 Å². The Hall–Kier alpha value is -1.59. The summed E-state index contributed by atoms with van der Waals surface area (Å²) in [7, 11) is 0. The lowest BCUT2D eigenvalue weighted by molar-refractivity contribution is 0.128. The Balaban J connectivity index is 1.85. The van der Waals surface area contributed by atoms with Gasteiger partial charge in [-0.1, -0.05) is 42.3 Å². The highest BCUT2D eigenvalue weighted by Gasteiger charge is 2.32. The molecule has 5 N–H and O–H groups in total. The van der Waals surface area contributed by atoms with Crippen LogP contribution >= 0.6 is 0 Å². The Kier molecular flexibility index (Phi) is 4.98. The van der Waals surface area contributed by atoms with Crippen molar-refractivity contribution < 1.29 is 10.3 Å². The van der Waals surface area contributed by atoms with Crippen molar-refractivity contribution in [1.29, 1.82) is 0 Å². The molecule has 0 aromatic heterocycles. The molecule has 1 saturated carbocycles. The molecule has 0 atom stereocenters. The molecule has 20 heavy (non-hydrogen) atoms. The van der Waals surface area contributed by atoms with Crippen LogP contribution in [-0.2, 0) is 6.54 Å². The number of nitrogens with one attached hydrogen (secondary N) is 1. The predicted octanol–water partition coefficient (Wildman–Crippen LogP) is 1.42. The maximum atomic E-state index is 9.55. The lowest BCUT2D eigenvalue weighted by atomic mass is 9.87. The molecule has 0 aliphatic heterocycles. The van der Waals surface area contributed by atoms with Crippen molar-refractivity contribution in [1.82, 2.24) is 5.32 Å². The fourth-order valence-corrected chi connectivity index (χ4v) is 2.84. The minimum Gasteiger partial charge on any atom is -0.409 e. The SMILES string of the molecule is N/C(=N/O)c1ccc(CNCC2(CO)CCCC2)cc1. The van der Waals surface area contributed by atoms with E-state index in [0.717, 1.165) is 31.5 Å². The van der Waals surface area contributed by atoms with Gasteiger partial charge < -0.3 is 21.4 Å². The zero-order valence-corrected chi connectivity index (χ0v) is 11.7. The first-order valence-corrected chi connectivity index (χ1v) is 7.07. The number of benzene rings is 1. The fraction of sp³-hybridized carbons (Fsp3) is 0.533. The zero-order chi connectivity index (χ0) is 14.4. The van der Waals surface area contributed by atoms with Gasteiger partial charge in [-0.25, -0.2) is 0 Å². The molecule has 0 heterocycles. The summed E-state index contributed by atoms with van der Waals surface area (Å²) in [5.41, 5.74) is 7.45. The van der Waals surface area contributed by atoms with Crippen LogP contribution in [0.1, 0.15) is 36.8 Å². The monoisotopic (exact) mass is 277 g/mol. The second kappa shape index (κ2) is 6.72. The van der Waals surface area contributed by atoms with Crippen LogP contribution in [0.2, 0.25) is 0 Å². The molecule has 1 aromatic rings. The Morgan fingerprint density at radius 2 is 1.90 bits per heavy atom. The third-order valence-corrected chi connectivity index (χ3v) is 4.19. The van der Waals surface area contributed by atoms with E-state index in [1.807, 2.05) is 24.3 Å². The van der Waals surface area contributed by atoms with Gasteiger partial charge >= 0.3 is 0 Å². The van der Waals surface area contributed by atoms with Crippen molar-refractivity contribution in [3.63, 3.8) is 0 Å². The van der Waals surface area contributed by atoms with Crippen LogP contribution < -0.4 is 11.1 Å². The largest absolute Gasteiger partial charge is 0.409 e. The van der Waals surface area contributed by atoms with Crippen molar-refractivity contribution in [3.8, 4) is 0 Å². The molecule has 1 aromatic carbocycles. The molecule has 0 radical (unpaired) electrons. The number of aliphatic hydroxyl groups excluding tert-OH is 1. The standard InChI is InChI=1S/C15H23N3O2/c16-14(18-20)13-5-3-12(4-6-13)9-17-10-15(11-19)7-1-2-8-15/h3-6,17,19-20H,1-2,7-11H2,(H2,16,18). The van der Waals surface area contributed by atoms with Crippen LogP contribution in [0.5, 0.6) is 0 Å². The average molecular weight is 277 g/mol. The second-order valence-corrected chi connectivity index (χ2v) is 5.65. The molecule has 1 fully saturated rings. The van der Waals surface area contributed by atoms with E-state index in [4.69, 9.17) is 10.9 Å². The second-order valence-electron chi connectivity index (χ2n) is 5.65. The number of amidine groups is 1. The van der Waals surface area contributed by atoms with E-state index in [9.17, 15) is 5.11 Å². The Labute approximate surface area is 119 Å². The van der Waals surface area contributed by atoms with Gasteiger partial charge in [0, 0.05) is 30.7 Å². The summed E-state index contributed by atoms with van der Waals surface area (Å²) in [4.78, 5) is 0. The van der Waals surface area contributed by atoms with Gasteiger partial charge in [0.15, 0.2) is 5.84 Å². The molecule has 5 nitrogen and oxygen atoms in total. The lowest BCUT2D eigenvalue weighted by Crippen LogP contribution is -2.34. The molecule has 0 amide bonds. The molecule has 1 aliphatic rings. The number of oxime groups is 1. The molecule has 0 saturated heterocycles. The summed E-state index contributed by atoms with van der Waals surface area (Å²) >= 11 is 0. The predicted molar refractivity (Wildman–Crippen MR) is 78.6 cm³/mol. The highest BCUT2D eigenvalue weighted by molar-refractivity contribution is 5.96. The normalized spacial score (nSPS) is 18.4.